The number of thiophene rings is 1. The molecule has 1 aromatic carbocycles. The van der Waals surface area contributed by atoms with E-state index in [4.69, 9.17) is 0 Å². The second-order valence-electron chi connectivity index (χ2n) is 6.16. The molecule has 1 fully saturated rings. The highest BCUT2D eigenvalue weighted by Crippen LogP contribution is 2.24. The number of piperazine rings is 1. The number of amides is 3. The molecule has 3 amide bonds. The fourth-order valence-electron chi connectivity index (χ4n) is 3.02. The maximum atomic E-state index is 13.0. The van der Waals surface area contributed by atoms with Crippen molar-refractivity contribution >= 4 is 34.7 Å². The normalized spacial score (nSPS) is 14.2. The minimum absolute atomic E-state index is 0.0266. The molecule has 136 valence electrons. The molecule has 0 N–H and O–H groups in total. The Bertz CT molecular complexity index is 811. The molecular formula is C19H21N3O3S. The molecule has 0 aliphatic carbocycles. The van der Waals surface area contributed by atoms with Crippen molar-refractivity contribution in [1.29, 1.82) is 0 Å². The van der Waals surface area contributed by atoms with Crippen molar-refractivity contribution in [2.24, 2.45) is 0 Å². The highest BCUT2D eigenvalue weighted by atomic mass is 32.1. The zero-order chi connectivity index (χ0) is 18.7. The van der Waals surface area contributed by atoms with Crippen LogP contribution < -0.4 is 4.90 Å². The van der Waals surface area contributed by atoms with Gasteiger partial charge >= 0.3 is 0 Å². The Balaban J connectivity index is 1.80. The van der Waals surface area contributed by atoms with E-state index in [1.54, 1.807) is 41.1 Å². The molecule has 6 nitrogen and oxygen atoms in total. The lowest BCUT2D eigenvalue weighted by molar-refractivity contribution is -0.130. The van der Waals surface area contributed by atoms with Crippen molar-refractivity contribution in [3.63, 3.8) is 0 Å². The van der Waals surface area contributed by atoms with Gasteiger partial charge in [-0.1, -0.05) is 18.2 Å². The van der Waals surface area contributed by atoms with Crippen molar-refractivity contribution in [2.45, 2.75) is 6.92 Å². The zero-order valence-corrected chi connectivity index (χ0v) is 15.7. The quantitative estimate of drug-likeness (QED) is 0.832. The topological polar surface area (TPSA) is 60.9 Å². The molecule has 1 saturated heterocycles. The number of carbonyl (C=O) groups excluding carboxylic acids is 3. The summed E-state index contributed by atoms with van der Waals surface area (Å²) in [6, 6.07) is 10.7. The number of nitrogens with zero attached hydrogens (tertiary/aromatic N) is 3. The molecule has 1 aliphatic rings. The van der Waals surface area contributed by atoms with Crippen molar-refractivity contribution in [3.8, 4) is 0 Å². The molecule has 2 aromatic rings. The van der Waals surface area contributed by atoms with Gasteiger partial charge in [0.05, 0.1) is 16.1 Å². The second kappa shape index (κ2) is 7.70. The molecule has 0 unspecified atom stereocenters. The Morgan fingerprint density at radius 1 is 0.962 bits per heavy atom. The standard InChI is InChI=1S/C19H21N3O3S/c1-14(23)21-9-11-22(12-10-21)18(24)15-6-3-4-7-16(15)20(2)19(25)17-8-5-13-26-17/h3-8,13H,9-12H2,1-2H3. The van der Waals surface area contributed by atoms with Crippen LogP contribution in [0.2, 0.25) is 0 Å². The molecule has 1 aliphatic heterocycles. The minimum Gasteiger partial charge on any atom is -0.339 e. The summed E-state index contributed by atoms with van der Waals surface area (Å²) in [5, 5.41) is 1.85. The van der Waals surface area contributed by atoms with Crippen LogP contribution in [0.25, 0.3) is 0 Å². The van der Waals surface area contributed by atoms with Crippen LogP contribution in [-0.2, 0) is 4.79 Å². The Morgan fingerprint density at radius 3 is 2.23 bits per heavy atom. The molecule has 0 spiro atoms. The first kappa shape index (κ1) is 18.1. The number of rotatable bonds is 3. The predicted octanol–water partition coefficient (Wildman–Crippen LogP) is 2.33. The van der Waals surface area contributed by atoms with Gasteiger partial charge in [-0.05, 0) is 23.6 Å². The summed E-state index contributed by atoms with van der Waals surface area (Å²) in [5.41, 5.74) is 1.08. The van der Waals surface area contributed by atoms with Gasteiger partial charge in [0.2, 0.25) is 5.91 Å². The summed E-state index contributed by atoms with van der Waals surface area (Å²) < 4.78 is 0. The van der Waals surface area contributed by atoms with E-state index in [9.17, 15) is 14.4 Å². The maximum Gasteiger partial charge on any atom is 0.268 e. The molecule has 0 saturated carbocycles. The van der Waals surface area contributed by atoms with Crippen molar-refractivity contribution in [1.82, 2.24) is 9.80 Å². The first-order valence-corrected chi connectivity index (χ1v) is 9.32. The van der Waals surface area contributed by atoms with Crippen LogP contribution in [0.3, 0.4) is 0 Å². The summed E-state index contributed by atoms with van der Waals surface area (Å²) in [6.45, 7) is 3.60. The third-order valence-corrected chi connectivity index (χ3v) is 5.40. The van der Waals surface area contributed by atoms with E-state index >= 15 is 0 Å². The van der Waals surface area contributed by atoms with E-state index in [2.05, 4.69) is 0 Å². The number of hydrogen-bond donors (Lipinski definition) is 0. The molecular weight excluding hydrogens is 350 g/mol. The third-order valence-electron chi connectivity index (χ3n) is 4.54. The van der Waals surface area contributed by atoms with Crippen molar-refractivity contribution < 1.29 is 14.4 Å². The van der Waals surface area contributed by atoms with Gasteiger partial charge in [0.1, 0.15) is 0 Å². The van der Waals surface area contributed by atoms with E-state index < -0.39 is 0 Å². The summed E-state index contributed by atoms with van der Waals surface area (Å²) in [6.07, 6.45) is 0. The highest BCUT2D eigenvalue weighted by molar-refractivity contribution is 7.12. The lowest BCUT2D eigenvalue weighted by Crippen LogP contribution is -2.50. The van der Waals surface area contributed by atoms with Gasteiger partial charge in [0.15, 0.2) is 0 Å². The fraction of sp³-hybridized carbons (Fsp3) is 0.316. The number of anilines is 1. The molecule has 1 aromatic heterocycles. The van der Waals surface area contributed by atoms with Crippen LogP contribution in [0, 0.1) is 0 Å². The van der Waals surface area contributed by atoms with E-state index in [0.29, 0.717) is 42.3 Å². The Morgan fingerprint density at radius 2 is 1.62 bits per heavy atom. The monoisotopic (exact) mass is 371 g/mol. The second-order valence-corrected chi connectivity index (χ2v) is 7.10. The van der Waals surface area contributed by atoms with Gasteiger partial charge < -0.3 is 14.7 Å². The number of benzene rings is 1. The first-order valence-electron chi connectivity index (χ1n) is 8.44. The third kappa shape index (κ3) is 3.62. The van der Waals surface area contributed by atoms with Gasteiger partial charge in [-0.15, -0.1) is 11.3 Å². The fourth-order valence-corrected chi connectivity index (χ4v) is 3.72. The summed E-state index contributed by atoms with van der Waals surface area (Å²) in [5.74, 6) is -0.227. The molecule has 26 heavy (non-hydrogen) atoms. The Labute approximate surface area is 156 Å². The van der Waals surface area contributed by atoms with E-state index in [0.717, 1.165) is 0 Å². The van der Waals surface area contributed by atoms with E-state index in [1.165, 1.54) is 23.2 Å². The summed E-state index contributed by atoms with van der Waals surface area (Å²) in [7, 11) is 1.68. The summed E-state index contributed by atoms with van der Waals surface area (Å²) in [4.78, 5) is 42.7. The molecule has 7 heteroatoms. The maximum absolute atomic E-state index is 13.0. The average Bonchev–Trinajstić information content (AvgIpc) is 3.21. The largest absolute Gasteiger partial charge is 0.339 e. The molecule has 2 heterocycles. The predicted molar refractivity (Wildman–Crippen MR) is 102 cm³/mol. The van der Waals surface area contributed by atoms with Crippen LogP contribution in [0.4, 0.5) is 5.69 Å². The molecule has 0 radical (unpaired) electrons. The minimum atomic E-state index is -0.137. The van der Waals surface area contributed by atoms with Gasteiger partial charge in [-0.2, -0.15) is 0 Å². The van der Waals surface area contributed by atoms with Crippen LogP contribution in [0.15, 0.2) is 41.8 Å². The zero-order valence-electron chi connectivity index (χ0n) is 14.8. The van der Waals surface area contributed by atoms with Crippen molar-refractivity contribution in [3.05, 3.63) is 52.2 Å². The van der Waals surface area contributed by atoms with Gasteiger partial charge in [-0.3, -0.25) is 14.4 Å². The summed E-state index contributed by atoms with van der Waals surface area (Å²) >= 11 is 1.38. The lowest BCUT2D eigenvalue weighted by atomic mass is 10.1. The van der Waals surface area contributed by atoms with Crippen LogP contribution in [-0.4, -0.2) is 60.7 Å². The SMILES string of the molecule is CC(=O)N1CCN(C(=O)c2ccccc2N(C)C(=O)c2cccs2)CC1. The first-order chi connectivity index (χ1) is 12.5. The molecule has 3 rings (SSSR count). The van der Waals surface area contributed by atoms with Crippen LogP contribution in [0.1, 0.15) is 27.0 Å². The van der Waals surface area contributed by atoms with Crippen LogP contribution >= 0.6 is 11.3 Å². The van der Waals surface area contributed by atoms with Gasteiger partial charge in [0, 0.05) is 40.2 Å². The number of para-hydroxylation sites is 1. The average molecular weight is 371 g/mol. The van der Waals surface area contributed by atoms with Crippen molar-refractivity contribution in [2.75, 3.05) is 38.1 Å². The van der Waals surface area contributed by atoms with Crippen LogP contribution in [0.5, 0.6) is 0 Å². The number of carbonyl (C=O) groups is 3. The number of hydrogen-bond acceptors (Lipinski definition) is 4. The Hall–Kier alpha value is -2.67. The lowest BCUT2D eigenvalue weighted by Gasteiger charge is -2.34. The van der Waals surface area contributed by atoms with E-state index in [1.807, 2.05) is 17.5 Å². The Kier molecular flexibility index (Phi) is 5.37. The molecule has 0 bridgehead atoms. The smallest absolute Gasteiger partial charge is 0.268 e. The van der Waals surface area contributed by atoms with Gasteiger partial charge in [-0.25, -0.2) is 0 Å². The highest BCUT2D eigenvalue weighted by Gasteiger charge is 2.26. The van der Waals surface area contributed by atoms with E-state index in [-0.39, 0.29) is 17.7 Å². The molecule has 0 atom stereocenters. The van der Waals surface area contributed by atoms with Gasteiger partial charge in [0.25, 0.3) is 11.8 Å².